The van der Waals surface area contributed by atoms with Crippen LogP contribution in [-0.4, -0.2) is 23.5 Å². The zero-order valence-electron chi connectivity index (χ0n) is 10.0. The highest BCUT2D eigenvalue weighted by molar-refractivity contribution is 6.08. The van der Waals surface area contributed by atoms with Gasteiger partial charge in [-0.25, -0.2) is 9.18 Å². The molecule has 0 bridgehead atoms. The van der Waals surface area contributed by atoms with E-state index < -0.39 is 23.3 Å². The highest BCUT2D eigenvalue weighted by atomic mass is 19.1. The van der Waals surface area contributed by atoms with Crippen molar-refractivity contribution in [3.63, 3.8) is 0 Å². The molecule has 1 aromatic rings. The lowest BCUT2D eigenvalue weighted by Crippen LogP contribution is -2.09. The minimum absolute atomic E-state index is 0.0520. The molecule has 1 rings (SSSR count). The molecule has 0 unspecified atom stereocenters. The molecule has 5 nitrogen and oxygen atoms in total. The molecule has 0 aromatic heterocycles. The largest absolute Gasteiger partial charge is 0.502 e. The summed E-state index contributed by atoms with van der Waals surface area (Å²) in [5, 5.41) is 17.8. The summed E-state index contributed by atoms with van der Waals surface area (Å²) in [7, 11) is 0. The van der Waals surface area contributed by atoms with Gasteiger partial charge in [-0.05, 0) is 25.1 Å². The molecule has 0 saturated heterocycles. The molecule has 19 heavy (non-hydrogen) atoms. The number of nitrogens with zero attached hydrogens (tertiary/aromatic N) is 1. The summed E-state index contributed by atoms with van der Waals surface area (Å²) < 4.78 is 17.8. The number of hydrogen-bond acceptors (Lipinski definition) is 5. The predicted octanol–water partition coefficient (Wildman–Crippen LogP) is 1.89. The molecule has 0 aliphatic heterocycles. The standard InChI is InChI=1S/C13H10FNO4/c1-2-19-13(18)12(17)6-11(16)8-3-4-9(7-15)10(14)5-8/h3-6,17H,2H2,1H3/b12-6-. The number of hydrogen-bond donors (Lipinski definition) is 1. The average Bonchev–Trinajstić information content (AvgIpc) is 2.38. The van der Waals surface area contributed by atoms with Crippen LogP contribution >= 0.6 is 0 Å². The highest BCUT2D eigenvalue weighted by Gasteiger charge is 2.13. The van der Waals surface area contributed by atoms with E-state index in [9.17, 15) is 19.1 Å². The molecule has 0 fully saturated rings. The Hall–Kier alpha value is -2.68. The first-order chi connectivity index (χ1) is 8.99. The van der Waals surface area contributed by atoms with Gasteiger partial charge in [-0.1, -0.05) is 0 Å². The molecule has 0 heterocycles. The molecule has 1 N–H and O–H groups in total. The molecule has 0 aliphatic carbocycles. The van der Waals surface area contributed by atoms with Crippen LogP contribution in [0.5, 0.6) is 0 Å². The number of aliphatic hydroxyl groups is 1. The Balaban J connectivity index is 2.96. The van der Waals surface area contributed by atoms with Crippen molar-refractivity contribution >= 4 is 11.8 Å². The fraction of sp³-hybridized carbons (Fsp3) is 0.154. The van der Waals surface area contributed by atoms with Crippen molar-refractivity contribution in [2.45, 2.75) is 6.92 Å². The normalized spacial score (nSPS) is 10.7. The van der Waals surface area contributed by atoms with Crippen molar-refractivity contribution in [2.24, 2.45) is 0 Å². The Morgan fingerprint density at radius 1 is 1.53 bits per heavy atom. The van der Waals surface area contributed by atoms with Crippen LogP contribution in [0, 0.1) is 17.1 Å². The maximum atomic E-state index is 13.3. The van der Waals surface area contributed by atoms with E-state index in [1.807, 2.05) is 0 Å². The number of halogens is 1. The summed E-state index contributed by atoms with van der Waals surface area (Å²) in [4.78, 5) is 22.7. The zero-order valence-corrected chi connectivity index (χ0v) is 10.0. The van der Waals surface area contributed by atoms with Gasteiger partial charge in [0.25, 0.3) is 0 Å². The lowest BCUT2D eigenvalue weighted by molar-refractivity contribution is -0.141. The van der Waals surface area contributed by atoms with Gasteiger partial charge in [-0.15, -0.1) is 0 Å². The number of esters is 1. The first kappa shape index (κ1) is 14.4. The second-order valence-corrected chi connectivity index (χ2v) is 3.42. The number of carbonyl (C=O) groups excluding carboxylic acids is 2. The first-order valence-corrected chi connectivity index (χ1v) is 5.31. The number of carbonyl (C=O) groups is 2. The molecule has 98 valence electrons. The van der Waals surface area contributed by atoms with Crippen molar-refractivity contribution in [3.05, 3.63) is 47.0 Å². The monoisotopic (exact) mass is 263 g/mol. The van der Waals surface area contributed by atoms with Gasteiger partial charge in [0.1, 0.15) is 11.9 Å². The molecule has 0 atom stereocenters. The van der Waals surface area contributed by atoms with E-state index in [2.05, 4.69) is 4.74 Å². The summed E-state index contributed by atoms with van der Waals surface area (Å²) in [6.45, 7) is 1.60. The third-order valence-corrected chi connectivity index (χ3v) is 2.13. The third-order valence-electron chi connectivity index (χ3n) is 2.13. The van der Waals surface area contributed by atoms with Crippen LogP contribution in [0.2, 0.25) is 0 Å². The van der Waals surface area contributed by atoms with E-state index in [-0.39, 0.29) is 17.7 Å². The third kappa shape index (κ3) is 3.64. The number of ether oxygens (including phenoxy) is 1. The fourth-order valence-electron chi connectivity index (χ4n) is 1.23. The van der Waals surface area contributed by atoms with Crippen molar-refractivity contribution in [3.8, 4) is 6.07 Å². The predicted molar refractivity (Wildman–Crippen MR) is 62.8 cm³/mol. The van der Waals surface area contributed by atoms with Crippen molar-refractivity contribution in [1.29, 1.82) is 5.26 Å². The molecule has 1 aromatic carbocycles. The lowest BCUT2D eigenvalue weighted by atomic mass is 10.1. The Bertz CT molecular complexity index is 587. The highest BCUT2D eigenvalue weighted by Crippen LogP contribution is 2.11. The number of aliphatic hydroxyl groups excluding tert-OH is 1. The molecule has 6 heteroatoms. The topological polar surface area (TPSA) is 87.4 Å². The molecule has 0 amide bonds. The van der Waals surface area contributed by atoms with E-state index in [1.54, 1.807) is 13.0 Å². The summed E-state index contributed by atoms with van der Waals surface area (Å²) in [5.41, 5.74) is -0.289. The Kier molecular flexibility index (Phi) is 4.77. The smallest absolute Gasteiger partial charge is 0.373 e. The van der Waals surface area contributed by atoms with Crippen LogP contribution in [0.15, 0.2) is 30.0 Å². The fourth-order valence-corrected chi connectivity index (χ4v) is 1.23. The summed E-state index contributed by atoms with van der Waals surface area (Å²) in [6, 6.07) is 4.83. The Morgan fingerprint density at radius 2 is 2.21 bits per heavy atom. The van der Waals surface area contributed by atoms with Crippen LogP contribution in [0.3, 0.4) is 0 Å². The summed E-state index contributed by atoms with van der Waals surface area (Å²) in [5.74, 6) is -3.52. The van der Waals surface area contributed by atoms with Crippen LogP contribution in [0.1, 0.15) is 22.8 Å². The second-order valence-electron chi connectivity index (χ2n) is 3.42. The number of benzene rings is 1. The van der Waals surface area contributed by atoms with E-state index in [4.69, 9.17) is 5.26 Å². The zero-order chi connectivity index (χ0) is 14.4. The number of allylic oxidation sites excluding steroid dienone is 1. The molecular formula is C13H10FNO4. The van der Waals surface area contributed by atoms with Gasteiger partial charge in [0.05, 0.1) is 12.2 Å². The molecular weight excluding hydrogens is 253 g/mol. The van der Waals surface area contributed by atoms with Crippen molar-refractivity contribution in [2.75, 3.05) is 6.61 Å². The van der Waals surface area contributed by atoms with Crippen molar-refractivity contribution in [1.82, 2.24) is 0 Å². The van der Waals surface area contributed by atoms with Crippen LogP contribution in [-0.2, 0) is 9.53 Å². The summed E-state index contributed by atoms with van der Waals surface area (Å²) >= 11 is 0. The van der Waals surface area contributed by atoms with E-state index >= 15 is 0 Å². The lowest BCUT2D eigenvalue weighted by Gasteiger charge is -2.01. The maximum Gasteiger partial charge on any atom is 0.373 e. The van der Waals surface area contributed by atoms with Crippen LogP contribution in [0.4, 0.5) is 4.39 Å². The average molecular weight is 263 g/mol. The second kappa shape index (κ2) is 6.31. The van der Waals surface area contributed by atoms with Crippen LogP contribution in [0.25, 0.3) is 0 Å². The van der Waals surface area contributed by atoms with Gasteiger partial charge in [-0.2, -0.15) is 5.26 Å². The molecule has 0 saturated carbocycles. The molecule has 0 aliphatic rings. The Labute approximate surface area is 108 Å². The number of rotatable bonds is 4. The minimum atomic E-state index is -1.04. The van der Waals surface area contributed by atoms with Gasteiger partial charge >= 0.3 is 5.97 Å². The number of nitriles is 1. The SMILES string of the molecule is CCOC(=O)/C(O)=C/C(=O)c1ccc(C#N)c(F)c1. The van der Waals surface area contributed by atoms with Gasteiger partial charge in [0.15, 0.2) is 5.78 Å². The van der Waals surface area contributed by atoms with E-state index in [0.29, 0.717) is 6.08 Å². The molecule has 0 spiro atoms. The maximum absolute atomic E-state index is 13.3. The quantitative estimate of drug-likeness (QED) is 0.388. The van der Waals surface area contributed by atoms with Gasteiger partial charge < -0.3 is 9.84 Å². The summed E-state index contributed by atoms with van der Waals surface area (Å²) in [6.07, 6.45) is 0.638. The van der Waals surface area contributed by atoms with Gasteiger partial charge in [-0.3, -0.25) is 4.79 Å². The Morgan fingerprint density at radius 3 is 2.74 bits per heavy atom. The van der Waals surface area contributed by atoms with E-state index in [0.717, 1.165) is 12.1 Å². The van der Waals surface area contributed by atoms with Crippen molar-refractivity contribution < 1.29 is 23.8 Å². The number of ketones is 1. The molecule has 0 radical (unpaired) electrons. The first-order valence-electron chi connectivity index (χ1n) is 5.31. The minimum Gasteiger partial charge on any atom is -0.502 e. The van der Waals surface area contributed by atoms with Gasteiger partial charge in [0, 0.05) is 11.6 Å². The van der Waals surface area contributed by atoms with Gasteiger partial charge in [0.2, 0.25) is 5.76 Å². The van der Waals surface area contributed by atoms with E-state index in [1.165, 1.54) is 6.07 Å². The van der Waals surface area contributed by atoms with Crippen LogP contribution < -0.4 is 0 Å².